The molecular formula is C14H12ClN3O. The molecule has 0 aliphatic heterocycles. The van der Waals surface area contributed by atoms with Gasteiger partial charge in [-0.05, 0) is 23.8 Å². The molecule has 0 radical (unpaired) electrons. The molecule has 0 aliphatic carbocycles. The van der Waals surface area contributed by atoms with Crippen molar-refractivity contribution in [3.63, 3.8) is 0 Å². The Bertz CT molecular complexity index is 724. The van der Waals surface area contributed by atoms with E-state index >= 15 is 0 Å². The van der Waals surface area contributed by atoms with Crippen LogP contribution in [0.4, 0.5) is 0 Å². The van der Waals surface area contributed by atoms with Crippen LogP contribution in [0.2, 0.25) is 5.02 Å². The Morgan fingerprint density at radius 3 is 3.00 bits per heavy atom. The molecule has 3 aromatic rings. The Balaban J connectivity index is 1.88. The Morgan fingerprint density at radius 2 is 2.16 bits per heavy atom. The zero-order valence-corrected chi connectivity index (χ0v) is 11.1. The smallest absolute Gasteiger partial charge is 0.240 e. The number of halogens is 1. The van der Waals surface area contributed by atoms with Crippen LogP contribution in [0.1, 0.15) is 5.56 Å². The highest BCUT2D eigenvalue weighted by Gasteiger charge is 2.08. The summed E-state index contributed by atoms with van der Waals surface area (Å²) >= 11 is 5.94. The maximum atomic E-state index is 5.94. The van der Waals surface area contributed by atoms with Gasteiger partial charge in [-0.1, -0.05) is 23.7 Å². The minimum absolute atomic E-state index is 0.428. The van der Waals surface area contributed by atoms with Crippen molar-refractivity contribution in [2.24, 2.45) is 7.05 Å². The molecule has 0 amide bonds. The molecule has 0 bridgehead atoms. The fourth-order valence-electron chi connectivity index (χ4n) is 1.95. The highest BCUT2D eigenvalue weighted by molar-refractivity contribution is 6.30. The lowest BCUT2D eigenvalue weighted by Gasteiger charge is -2.07. The second kappa shape index (κ2) is 4.90. The Labute approximate surface area is 115 Å². The van der Waals surface area contributed by atoms with Crippen molar-refractivity contribution in [3.05, 3.63) is 53.4 Å². The molecule has 1 aromatic carbocycles. The van der Waals surface area contributed by atoms with Crippen LogP contribution >= 0.6 is 11.6 Å². The number of fused-ring (bicyclic) bond motifs is 1. The molecule has 0 saturated carbocycles. The molecule has 96 valence electrons. The van der Waals surface area contributed by atoms with Crippen molar-refractivity contribution in [2.75, 3.05) is 0 Å². The normalized spacial score (nSPS) is 10.8. The molecule has 0 spiro atoms. The SMILES string of the molecule is Cn1cnc2ccnc(OCc3cccc(Cl)c3)c21. The monoisotopic (exact) mass is 273 g/mol. The van der Waals surface area contributed by atoms with Crippen LogP contribution in [0.15, 0.2) is 42.9 Å². The number of nitrogens with zero attached hydrogens (tertiary/aromatic N) is 3. The number of aromatic nitrogens is 3. The summed E-state index contributed by atoms with van der Waals surface area (Å²) in [5, 5.41) is 0.702. The first kappa shape index (κ1) is 12.0. The van der Waals surface area contributed by atoms with Gasteiger partial charge in [0.1, 0.15) is 12.1 Å². The first-order chi connectivity index (χ1) is 9.24. The molecule has 4 nitrogen and oxygen atoms in total. The minimum Gasteiger partial charge on any atom is -0.471 e. The average Bonchev–Trinajstić information content (AvgIpc) is 2.79. The van der Waals surface area contributed by atoms with E-state index in [1.54, 1.807) is 12.5 Å². The highest BCUT2D eigenvalue weighted by Crippen LogP contribution is 2.22. The standard InChI is InChI=1S/C14H12ClN3O/c1-18-9-17-12-5-6-16-14(13(12)18)19-8-10-3-2-4-11(15)7-10/h2-7,9H,8H2,1H3. The molecule has 3 rings (SSSR count). The van der Waals surface area contributed by atoms with Gasteiger partial charge in [0, 0.05) is 18.3 Å². The zero-order valence-electron chi connectivity index (χ0n) is 10.4. The Kier molecular flexibility index (Phi) is 3.09. The van der Waals surface area contributed by atoms with Gasteiger partial charge in [-0.3, -0.25) is 0 Å². The van der Waals surface area contributed by atoms with Crippen LogP contribution in [0.3, 0.4) is 0 Å². The van der Waals surface area contributed by atoms with Crippen molar-refractivity contribution in [3.8, 4) is 5.88 Å². The Morgan fingerprint density at radius 1 is 1.26 bits per heavy atom. The lowest BCUT2D eigenvalue weighted by Crippen LogP contribution is -1.99. The lowest BCUT2D eigenvalue weighted by atomic mass is 10.2. The summed E-state index contributed by atoms with van der Waals surface area (Å²) in [6.07, 6.45) is 3.45. The van der Waals surface area contributed by atoms with Crippen LogP contribution in [0.5, 0.6) is 5.88 Å². The van der Waals surface area contributed by atoms with E-state index in [-0.39, 0.29) is 0 Å². The van der Waals surface area contributed by atoms with E-state index in [1.807, 2.05) is 41.9 Å². The summed E-state index contributed by atoms with van der Waals surface area (Å²) in [7, 11) is 1.92. The van der Waals surface area contributed by atoms with Crippen molar-refractivity contribution < 1.29 is 4.74 Å². The second-order valence-corrected chi connectivity index (χ2v) is 4.69. The van der Waals surface area contributed by atoms with Crippen molar-refractivity contribution in [2.45, 2.75) is 6.61 Å². The van der Waals surface area contributed by atoms with Crippen molar-refractivity contribution in [1.82, 2.24) is 14.5 Å². The number of rotatable bonds is 3. The molecule has 2 heterocycles. The fourth-order valence-corrected chi connectivity index (χ4v) is 2.16. The summed E-state index contributed by atoms with van der Waals surface area (Å²) < 4.78 is 7.67. The number of pyridine rings is 1. The van der Waals surface area contributed by atoms with Crippen molar-refractivity contribution >= 4 is 22.6 Å². The highest BCUT2D eigenvalue weighted by atomic mass is 35.5. The van der Waals surface area contributed by atoms with Gasteiger partial charge in [0.2, 0.25) is 5.88 Å². The molecule has 0 unspecified atom stereocenters. The number of benzene rings is 1. The molecule has 0 saturated heterocycles. The van der Waals surface area contributed by atoms with Gasteiger partial charge in [-0.25, -0.2) is 9.97 Å². The van der Waals surface area contributed by atoms with E-state index in [0.717, 1.165) is 16.6 Å². The topological polar surface area (TPSA) is 39.9 Å². The van der Waals surface area contributed by atoms with Gasteiger partial charge in [0.05, 0.1) is 11.8 Å². The van der Waals surface area contributed by atoms with E-state index in [4.69, 9.17) is 16.3 Å². The van der Waals surface area contributed by atoms with Gasteiger partial charge in [0.25, 0.3) is 0 Å². The largest absolute Gasteiger partial charge is 0.471 e. The van der Waals surface area contributed by atoms with Crippen LogP contribution in [0, 0.1) is 0 Å². The minimum atomic E-state index is 0.428. The van der Waals surface area contributed by atoms with Gasteiger partial charge in [-0.15, -0.1) is 0 Å². The van der Waals surface area contributed by atoms with Gasteiger partial charge in [-0.2, -0.15) is 0 Å². The second-order valence-electron chi connectivity index (χ2n) is 4.26. The quantitative estimate of drug-likeness (QED) is 0.736. The van der Waals surface area contributed by atoms with Crippen LogP contribution < -0.4 is 4.74 Å². The maximum Gasteiger partial charge on any atom is 0.240 e. The van der Waals surface area contributed by atoms with Crippen LogP contribution in [0.25, 0.3) is 11.0 Å². The molecule has 2 aromatic heterocycles. The summed E-state index contributed by atoms with van der Waals surface area (Å²) in [5.74, 6) is 0.581. The number of ether oxygens (including phenoxy) is 1. The van der Waals surface area contributed by atoms with Crippen LogP contribution in [-0.2, 0) is 13.7 Å². The predicted octanol–water partition coefficient (Wildman–Crippen LogP) is 3.20. The number of aryl methyl sites for hydroxylation is 1. The molecule has 0 atom stereocenters. The lowest BCUT2D eigenvalue weighted by molar-refractivity contribution is 0.297. The summed E-state index contributed by atoms with van der Waals surface area (Å²) in [6.45, 7) is 0.428. The predicted molar refractivity (Wildman–Crippen MR) is 74.3 cm³/mol. The maximum absolute atomic E-state index is 5.94. The van der Waals surface area contributed by atoms with E-state index in [0.29, 0.717) is 17.5 Å². The number of imidazole rings is 1. The van der Waals surface area contributed by atoms with Crippen molar-refractivity contribution in [1.29, 1.82) is 0 Å². The van der Waals surface area contributed by atoms with Gasteiger partial charge >= 0.3 is 0 Å². The number of hydrogen-bond donors (Lipinski definition) is 0. The third kappa shape index (κ3) is 2.39. The molecule has 0 aliphatic rings. The molecule has 19 heavy (non-hydrogen) atoms. The first-order valence-electron chi connectivity index (χ1n) is 5.87. The van der Waals surface area contributed by atoms with E-state index in [2.05, 4.69) is 9.97 Å². The molecule has 0 N–H and O–H groups in total. The van der Waals surface area contributed by atoms with Crippen LogP contribution in [-0.4, -0.2) is 14.5 Å². The van der Waals surface area contributed by atoms with E-state index in [1.165, 1.54) is 0 Å². The molecule has 0 fully saturated rings. The van der Waals surface area contributed by atoms with E-state index in [9.17, 15) is 0 Å². The molecular weight excluding hydrogens is 262 g/mol. The average molecular weight is 274 g/mol. The summed E-state index contributed by atoms with van der Waals surface area (Å²) in [5.41, 5.74) is 2.77. The fraction of sp³-hybridized carbons (Fsp3) is 0.143. The third-order valence-electron chi connectivity index (χ3n) is 2.86. The first-order valence-corrected chi connectivity index (χ1v) is 6.25. The van der Waals surface area contributed by atoms with Gasteiger partial charge in [0.15, 0.2) is 0 Å². The molecule has 5 heteroatoms. The zero-order chi connectivity index (χ0) is 13.2. The third-order valence-corrected chi connectivity index (χ3v) is 3.09. The van der Waals surface area contributed by atoms with Gasteiger partial charge < -0.3 is 9.30 Å². The van der Waals surface area contributed by atoms with E-state index < -0.39 is 0 Å². The number of hydrogen-bond acceptors (Lipinski definition) is 3. The summed E-state index contributed by atoms with van der Waals surface area (Å²) in [4.78, 5) is 8.53. The summed E-state index contributed by atoms with van der Waals surface area (Å²) in [6, 6.07) is 9.45. The Hall–Kier alpha value is -2.07.